The summed E-state index contributed by atoms with van der Waals surface area (Å²) in [5.74, 6) is 0.470. The van der Waals surface area contributed by atoms with Crippen molar-refractivity contribution in [2.75, 3.05) is 11.9 Å². The number of amides is 2. The van der Waals surface area contributed by atoms with Crippen LogP contribution in [0.2, 0.25) is 0 Å². The van der Waals surface area contributed by atoms with Crippen LogP contribution >= 0.6 is 0 Å². The predicted molar refractivity (Wildman–Crippen MR) is 128 cm³/mol. The van der Waals surface area contributed by atoms with E-state index in [0.29, 0.717) is 24.7 Å². The topological polar surface area (TPSA) is 89.0 Å². The summed E-state index contributed by atoms with van der Waals surface area (Å²) < 4.78 is 24.0. The Morgan fingerprint density at radius 3 is 2.15 bits per heavy atom. The summed E-state index contributed by atoms with van der Waals surface area (Å²) in [4.78, 5) is 24.0. The van der Waals surface area contributed by atoms with Gasteiger partial charge in [0.2, 0.25) is 11.8 Å². The van der Waals surface area contributed by atoms with Gasteiger partial charge in [0.05, 0.1) is 12.8 Å². The normalized spacial score (nSPS) is 10.6. The number of halogens is 1. The third kappa shape index (κ3) is 8.38. The summed E-state index contributed by atoms with van der Waals surface area (Å²) in [6.07, 6.45) is 1.55. The molecule has 0 atom stereocenters. The molecule has 0 radical (unpaired) electrons. The molecule has 3 rings (SSSR count). The van der Waals surface area contributed by atoms with Crippen LogP contribution in [0.5, 0.6) is 11.5 Å². The number of anilines is 1. The fourth-order valence-corrected chi connectivity index (χ4v) is 2.88. The van der Waals surface area contributed by atoms with Crippen molar-refractivity contribution in [2.24, 2.45) is 5.10 Å². The van der Waals surface area contributed by atoms with Gasteiger partial charge >= 0.3 is 0 Å². The van der Waals surface area contributed by atoms with Gasteiger partial charge in [-0.3, -0.25) is 9.59 Å². The van der Waals surface area contributed by atoms with Gasteiger partial charge in [-0.2, -0.15) is 5.10 Å². The molecule has 0 bridgehead atoms. The predicted octanol–water partition coefficient (Wildman–Crippen LogP) is 4.67. The zero-order valence-corrected chi connectivity index (χ0v) is 18.8. The molecule has 0 heterocycles. The highest BCUT2D eigenvalue weighted by molar-refractivity contribution is 5.93. The Balaban J connectivity index is 1.36. The first-order valence-corrected chi connectivity index (χ1v) is 10.8. The summed E-state index contributed by atoms with van der Waals surface area (Å²) in [5, 5.41) is 6.65. The van der Waals surface area contributed by atoms with E-state index in [-0.39, 0.29) is 30.5 Å². The molecule has 176 valence electrons. The number of ether oxygens (including phenoxy) is 2. The highest BCUT2D eigenvalue weighted by Gasteiger charge is 2.07. The number of hydrogen-bond acceptors (Lipinski definition) is 5. The van der Waals surface area contributed by atoms with E-state index in [9.17, 15) is 14.0 Å². The second kappa shape index (κ2) is 12.7. The maximum atomic E-state index is 12.9. The lowest BCUT2D eigenvalue weighted by molar-refractivity contribution is -0.124. The fourth-order valence-electron chi connectivity index (χ4n) is 2.88. The number of nitrogens with one attached hydrogen (secondary N) is 2. The van der Waals surface area contributed by atoms with Crippen LogP contribution in [-0.2, 0) is 16.2 Å². The number of hydrazone groups is 1. The van der Waals surface area contributed by atoms with Gasteiger partial charge < -0.3 is 14.8 Å². The van der Waals surface area contributed by atoms with Gasteiger partial charge in [-0.25, -0.2) is 9.82 Å². The first-order chi connectivity index (χ1) is 16.5. The molecule has 2 amide bonds. The van der Waals surface area contributed by atoms with Crippen LogP contribution in [0.15, 0.2) is 77.9 Å². The molecule has 0 spiro atoms. The highest BCUT2D eigenvalue weighted by Crippen LogP contribution is 2.16. The third-order valence-corrected chi connectivity index (χ3v) is 4.63. The number of rotatable bonds is 11. The van der Waals surface area contributed by atoms with Crippen molar-refractivity contribution < 1.29 is 23.5 Å². The van der Waals surface area contributed by atoms with Crippen LogP contribution in [-0.4, -0.2) is 24.6 Å². The SMILES string of the molecule is CCOc1ccc(NC(=O)CCC(=O)NN=Cc2ccc(OCc3ccc(F)cc3)cc2)cc1. The first-order valence-electron chi connectivity index (χ1n) is 10.8. The second-order valence-electron chi connectivity index (χ2n) is 7.28. The fraction of sp³-hybridized carbons (Fsp3) is 0.192. The van der Waals surface area contributed by atoms with Crippen molar-refractivity contribution in [3.8, 4) is 11.5 Å². The minimum absolute atomic E-state index is 0.0103. The minimum Gasteiger partial charge on any atom is -0.494 e. The zero-order chi connectivity index (χ0) is 24.2. The van der Waals surface area contributed by atoms with Gasteiger partial charge in [0.1, 0.15) is 23.9 Å². The Morgan fingerprint density at radius 2 is 1.47 bits per heavy atom. The highest BCUT2D eigenvalue weighted by atomic mass is 19.1. The lowest BCUT2D eigenvalue weighted by atomic mass is 10.2. The molecule has 0 aliphatic rings. The average Bonchev–Trinajstić information content (AvgIpc) is 2.85. The summed E-state index contributed by atoms with van der Waals surface area (Å²) in [6.45, 7) is 2.80. The van der Waals surface area contributed by atoms with E-state index in [0.717, 1.165) is 16.9 Å². The Kier molecular flexibility index (Phi) is 9.16. The first kappa shape index (κ1) is 24.4. The maximum absolute atomic E-state index is 12.9. The number of carbonyl (C=O) groups is 2. The van der Waals surface area contributed by atoms with Crippen molar-refractivity contribution in [1.82, 2.24) is 5.43 Å². The molecule has 2 N–H and O–H groups in total. The van der Waals surface area contributed by atoms with Gasteiger partial charge in [-0.15, -0.1) is 0 Å². The van der Waals surface area contributed by atoms with Crippen molar-refractivity contribution in [2.45, 2.75) is 26.4 Å². The summed E-state index contributed by atoms with van der Waals surface area (Å²) in [5.41, 5.74) is 4.68. The van der Waals surface area contributed by atoms with E-state index in [1.54, 1.807) is 60.7 Å². The number of hydrogen-bond donors (Lipinski definition) is 2. The summed E-state index contributed by atoms with van der Waals surface area (Å²) in [7, 11) is 0. The van der Waals surface area contributed by atoms with E-state index in [1.807, 2.05) is 6.92 Å². The molecule has 0 aliphatic carbocycles. The van der Waals surface area contributed by atoms with Crippen molar-refractivity contribution in [3.05, 3.63) is 89.7 Å². The van der Waals surface area contributed by atoms with Crippen LogP contribution in [0.25, 0.3) is 0 Å². The molecule has 0 unspecified atom stereocenters. The van der Waals surface area contributed by atoms with E-state index in [2.05, 4.69) is 15.8 Å². The Morgan fingerprint density at radius 1 is 0.853 bits per heavy atom. The van der Waals surface area contributed by atoms with Gasteiger partial charge in [0.25, 0.3) is 0 Å². The molecule has 0 saturated carbocycles. The van der Waals surface area contributed by atoms with Crippen LogP contribution in [0, 0.1) is 5.82 Å². The molecule has 8 heteroatoms. The van der Waals surface area contributed by atoms with Crippen molar-refractivity contribution >= 4 is 23.7 Å². The van der Waals surface area contributed by atoms with E-state index < -0.39 is 0 Å². The number of benzene rings is 3. The summed E-state index contributed by atoms with van der Waals surface area (Å²) in [6, 6.07) is 20.3. The van der Waals surface area contributed by atoms with Crippen molar-refractivity contribution in [3.63, 3.8) is 0 Å². The quantitative estimate of drug-likeness (QED) is 0.319. The van der Waals surface area contributed by atoms with Gasteiger partial charge in [0, 0.05) is 18.5 Å². The molecule has 0 saturated heterocycles. The van der Waals surface area contributed by atoms with E-state index >= 15 is 0 Å². The zero-order valence-electron chi connectivity index (χ0n) is 18.8. The monoisotopic (exact) mass is 463 g/mol. The molecule has 3 aromatic rings. The largest absolute Gasteiger partial charge is 0.494 e. The molecule has 0 aliphatic heterocycles. The molecule has 3 aromatic carbocycles. The van der Waals surface area contributed by atoms with Crippen LogP contribution in [0.4, 0.5) is 10.1 Å². The molecule has 0 fully saturated rings. The third-order valence-electron chi connectivity index (χ3n) is 4.63. The Hall–Kier alpha value is -4.20. The van der Waals surface area contributed by atoms with Gasteiger partial charge in [-0.1, -0.05) is 12.1 Å². The maximum Gasteiger partial charge on any atom is 0.240 e. The Bertz CT molecular complexity index is 1100. The van der Waals surface area contributed by atoms with Crippen LogP contribution in [0.3, 0.4) is 0 Å². The lowest BCUT2D eigenvalue weighted by Gasteiger charge is -2.07. The van der Waals surface area contributed by atoms with E-state index in [4.69, 9.17) is 9.47 Å². The van der Waals surface area contributed by atoms with E-state index in [1.165, 1.54) is 18.3 Å². The molecule has 7 nitrogen and oxygen atoms in total. The molecule has 34 heavy (non-hydrogen) atoms. The summed E-state index contributed by atoms with van der Waals surface area (Å²) >= 11 is 0. The second-order valence-corrected chi connectivity index (χ2v) is 7.28. The van der Waals surface area contributed by atoms with Crippen LogP contribution in [0.1, 0.15) is 30.9 Å². The van der Waals surface area contributed by atoms with Gasteiger partial charge in [-0.05, 0) is 78.7 Å². The lowest BCUT2D eigenvalue weighted by Crippen LogP contribution is -2.20. The minimum atomic E-state index is -0.364. The average molecular weight is 464 g/mol. The molecular formula is C26H26FN3O4. The van der Waals surface area contributed by atoms with Gasteiger partial charge in [0.15, 0.2) is 0 Å². The molecular weight excluding hydrogens is 437 g/mol. The smallest absolute Gasteiger partial charge is 0.240 e. The standard InChI is InChI=1S/C26H26FN3O4/c1-2-33-23-13-9-22(10-14-23)29-25(31)15-16-26(32)30-28-17-19-5-11-24(12-6-19)34-18-20-3-7-21(27)8-4-20/h3-14,17H,2,15-16,18H2,1H3,(H,29,31)(H,30,32). The van der Waals surface area contributed by atoms with Crippen LogP contribution < -0.4 is 20.2 Å². The Labute approximate surface area is 197 Å². The number of carbonyl (C=O) groups excluding carboxylic acids is 2. The number of nitrogens with zero attached hydrogens (tertiary/aromatic N) is 1. The van der Waals surface area contributed by atoms with Crippen molar-refractivity contribution in [1.29, 1.82) is 0 Å². The molecule has 0 aromatic heterocycles.